The molecule has 1 saturated heterocycles. The van der Waals surface area contributed by atoms with Crippen molar-refractivity contribution >= 4 is 0 Å². The van der Waals surface area contributed by atoms with E-state index in [0.29, 0.717) is 39.3 Å². The fraction of sp³-hybridized carbons (Fsp3) is 0.302. The van der Waals surface area contributed by atoms with Crippen LogP contribution in [-0.4, -0.2) is 43.9 Å². The molecule has 0 amide bonds. The molecule has 7 nitrogen and oxygen atoms in total. The summed E-state index contributed by atoms with van der Waals surface area (Å²) in [4.78, 5) is 0. The zero-order valence-corrected chi connectivity index (χ0v) is 28.4. The quantitative estimate of drug-likeness (QED) is 0.118. The Bertz CT molecular complexity index is 1750. The van der Waals surface area contributed by atoms with Crippen molar-refractivity contribution in [2.45, 2.75) is 69.5 Å². The molecule has 5 aromatic carbocycles. The molecule has 0 unspecified atom stereocenters. The van der Waals surface area contributed by atoms with Gasteiger partial charge in [-0.2, -0.15) is 0 Å². The van der Waals surface area contributed by atoms with Crippen LogP contribution in [0.4, 0.5) is 0 Å². The lowest BCUT2D eigenvalue weighted by Gasteiger charge is -2.53. The number of fused-ring (bicyclic) bond motifs is 1. The molecule has 1 spiro atoms. The molecule has 0 aliphatic carbocycles. The molecule has 2 aliphatic rings. The van der Waals surface area contributed by atoms with Gasteiger partial charge in [0.15, 0.2) is 6.10 Å². The molecule has 0 saturated carbocycles. The van der Waals surface area contributed by atoms with Crippen molar-refractivity contribution < 1.29 is 33.2 Å². The number of benzene rings is 5. The molecule has 5 atom stereocenters. The lowest BCUT2D eigenvalue weighted by molar-refractivity contribution is -0.364. The summed E-state index contributed by atoms with van der Waals surface area (Å²) >= 11 is 0. The van der Waals surface area contributed by atoms with E-state index >= 15 is 0 Å². The first kappa shape index (κ1) is 34.0. The molecule has 258 valence electrons. The summed E-state index contributed by atoms with van der Waals surface area (Å²) in [5, 5.41) is 0. The summed E-state index contributed by atoms with van der Waals surface area (Å²) in [5.74, 6) is 0.348. The van der Waals surface area contributed by atoms with E-state index in [4.69, 9.17) is 33.2 Å². The molecule has 7 heteroatoms. The first-order chi connectivity index (χ1) is 24.7. The number of hydrogen-bond acceptors (Lipinski definition) is 7. The third kappa shape index (κ3) is 8.27. The molecule has 2 heterocycles. The zero-order valence-electron chi connectivity index (χ0n) is 28.4. The van der Waals surface area contributed by atoms with Crippen molar-refractivity contribution in [1.82, 2.24) is 0 Å². The van der Waals surface area contributed by atoms with Crippen LogP contribution in [0, 0.1) is 0 Å². The number of methoxy groups -OCH3 is 1. The first-order valence-corrected chi connectivity index (χ1v) is 17.3. The predicted octanol–water partition coefficient (Wildman–Crippen LogP) is 8.09. The summed E-state index contributed by atoms with van der Waals surface area (Å²) in [6.45, 7) is 1.79. The molecule has 50 heavy (non-hydrogen) atoms. The van der Waals surface area contributed by atoms with E-state index in [1.54, 1.807) is 7.11 Å². The van der Waals surface area contributed by atoms with Crippen LogP contribution in [0.15, 0.2) is 140 Å². The Morgan fingerprint density at radius 1 is 0.600 bits per heavy atom. The van der Waals surface area contributed by atoms with Gasteiger partial charge < -0.3 is 33.2 Å². The van der Waals surface area contributed by atoms with Crippen LogP contribution in [0.3, 0.4) is 0 Å². The molecular formula is C43H44O7. The van der Waals surface area contributed by atoms with Crippen LogP contribution < -0.4 is 9.47 Å². The first-order valence-electron chi connectivity index (χ1n) is 17.3. The average molecular weight is 673 g/mol. The van der Waals surface area contributed by atoms with Gasteiger partial charge in [0, 0.05) is 6.42 Å². The summed E-state index contributed by atoms with van der Waals surface area (Å²) in [5.41, 5.74) is 5.28. The number of ether oxygens (including phenoxy) is 7. The van der Waals surface area contributed by atoms with Crippen molar-refractivity contribution in [1.29, 1.82) is 0 Å². The van der Waals surface area contributed by atoms with E-state index in [9.17, 15) is 0 Å². The molecule has 5 aromatic rings. The molecule has 0 N–H and O–H groups in total. The van der Waals surface area contributed by atoms with Crippen molar-refractivity contribution in [3.05, 3.63) is 167 Å². The van der Waals surface area contributed by atoms with E-state index in [1.807, 2.05) is 91.0 Å². The van der Waals surface area contributed by atoms with Crippen molar-refractivity contribution in [2.24, 2.45) is 0 Å². The molecule has 0 bridgehead atoms. The van der Waals surface area contributed by atoms with E-state index in [2.05, 4.69) is 48.5 Å². The SMILES string of the molecule is COc1ccc2c(c1)CC[C@]1(O2)O[C@H](COCc2ccccc2)[C@@H](OCc2ccccc2)[C@H](OCc2ccccc2)[C@@H]1OCc1ccccc1. The standard InChI is InChI=1S/C43H44O7/c1-44-37-22-23-38-36(26-37)24-25-43(49-38)42(48-30-35-20-12-5-13-21-35)41(47-29-34-18-10-4-11-19-34)40(46-28-33-16-8-3-9-17-33)39(50-43)31-45-27-32-14-6-2-7-15-32/h2-23,26,39-42H,24-25,27-31H2,1H3/t39-,40-,41+,42+,43+/m1/s1. The number of hydrogen-bond donors (Lipinski definition) is 0. The van der Waals surface area contributed by atoms with Crippen LogP contribution in [0.25, 0.3) is 0 Å². The third-order valence-corrected chi connectivity index (χ3v) is 9.30. The predicted molar refractivity (Wildman–Crippen MR) is 191 cm³/mol. The molecule has 7 rings (SSSR count). The minimum Gasteiger partial charge on any atom is -0.497 e. The minimum absolute atomic E-state index is 0.269. The Kier molecular flexibility index (Phi) is 11.2. The van der Waals surface area contributed by atoms with E-state index in [1.165, 1.54) is 0 Å². The van der Waals surface area contributed by atoms with Crippen molar-refractivity contribution in [3.63, 3.8) is 0 Å². The number of aryl methyl sites for hydroxylation is 1. The van der Waals surface area contributed by atoms with Gasteiger partial charge in [0.1, 0.15) is 29.8 Å². The fourth-order valence-corrected chi connectivity index (χ4v) is 6.73. The second kappa shape index (κ2) is 16.5. The van der Waals surface area contributed by atoms with Crippen LogP contribution in [0.1, 0.15) is 34.2 Å². The Balaban J connectivity index is 1.25. The van der Waals surface area contributed by atoms with Gasteiger partial charge in [0.05, 0.1) is 40.1 Å². The Labute approximate surface area is 294 Å². The number of rotatable bonds is 14. The Hall–Kier alpha value is -4.50. The van der Waals surface area contributed by atoms with Gasteiger partial charge in [-0.3, -0.25) is 0 Å². The third-order valence-electron chi connectivity index (χ3n) is 9.30. The van der Waals surface area contributed by atoms with Crippen LogP contribution in [-0.2, 0) is 56.5 Å². The second-order valence-corrected chi connectivity index (χ2v) is 12.8. The lowest BCUT2D eigenvalue weighted by atomic mass is 9.86. The maximum absolute atomic E-state index is 7.14. The zero-order chi connectivity index (χ0) is 34.0. The summed E-state index contributed by atoms with van der Waals surface area (Å²) in [6.07, 6.45) is -1.04. The largest absolute Gasteiger partial charge is 0.497 e. The maximum Gasteiger partial charge on any atom is 0.240 e. The fourth-order valence-electron chi connectivity index (χ4n) is 6.73. The second-order valence-electron chi connectivity index (χ2n) is 12.8. The highest BCUT2D eigenvalue weighted by atomic mass is 16.7. The molecule has 2 aliphatic heterocycles. The molecule has 0 aromatic heterocycles. The summed E-state index contributed by atoms with van der Waals surface area (Å²) < 4.78 is 46.7. The molecule has 1 fully saturated rings. The smallest absolute Gasteiger partial charge is 0.240 e. The highest BCUT2D eigenvalue weighted by Crippen LogP contribution is 2.45. The minimum atomic E-state index is -1.18. The Morgan fingerprint density at radius 3 is 1.68 bits per heavy atom. The van der Waals surface area contributed by atoms with Gasteiger partial charge >= 0.3 is 0 Å². The van der Waals surface area contributed by atoms with Gasteiger partial charge in [-0.25, -0.2) is 0 Å². The van der Waals surface area contributed by atoms with E-state index in [-0.39, 0.29) is 6.61 Å². The Morgan fingerprint density at radius 2 is 1.12 bits per heavy atom. The van der Waals surface area contributed by atoms with Gasteiger partial charge in [-0.1, -0.05) is 121 Å². The maximum atomic E-state index is 7.14. The molecule has 0 radical (unpaired) electrons. The summed E-state index contributed by atoms with van der Waals surface area (Å²) in [6, 6.07) is 46.5. The normalized spacial score (nSPS) is 22.8. The van der Waals surface area contributed by atoms with E-state index in [0.717, 1.165) is 39.3 Å². The average Bonchev–Trinajstić information content (AvgIpc) is 3.17. The highest BCUT2D eigenvalue weighted by Gasteiger charge is 2.59. The summed E-state index contributed by atoms with van der Waals surface area (Å²) in [7, 11) is 1.68. The van der Waals surface area contributed by atoms with E-state index < -0.39 is 30.2 Å². The topological polar surface area (TPSA) is 64.6 Å². The molecular weight excluding hydrogens is 628 g/mol. The van der Waals surface area contributed by atoms with Gasteiger partial charge in [-0.05, 0) is 52.4 Å². The lowest BCUT2D eigenvalue weighted by Crippen LogP contribution is -2.69. The van der Waals surface area contributed by atoms with Crippen LogP contribution in [0.2, 0.25) is 0 Å². The van der Waals surface area contributed by atoms with Crippen LogP contribution in [0.5, 0.6) is 11.5 Å². The van der Waals surface area contributed by atoms with Crippen molar-refractivity contribution in [3.8, 4) is 11.5 Å². The van der Waals surface area contributed by atoms with Gasteiger partial charge in [-0.15, -0.1) is 0 Å². The van der Waals surface area contributed by atoms with Gasteiger partial charge in [0.25, 0.3) is 0 Å². The monoisotopic (exact) mass is 672 g/mol. The van der Waals surface area contributed by atoms with Crippen molar-refractivity contribution in [2.75, 3.05) is 13.7 Å². The van der Waals surface area contributed by atoms with Gasteiger partial charge in [0.2, 0.25) is 5.79 Å². The highest BCUT2D eigenvalue weighted by molar-refractivity contribution is 5.42. The van der Waals surface area contributed by atoms with Crippen LogP contribution >= 0.6 is 0 Å².